The number of ether oxygens (including phenoxy) is 1. The molecule has 7 heteroatoms. The molecule has 1 aliphatic heterocycles. The molecular weight excluding hydrogens is 456 g/mol. The number of rotatable bonds is 5. The number of carbonyl (C=O) groups excluding carboxylic acids is 2. The number of carbonyl (C=O) groups is 2. The Morgan fingerprint density at radius 1 is 1.38 bits per heavy atom. The SMILES string of the molecule is CC[C@H](C)C1=CN(C23CC(C(=O)OC)(C2)C3)C(=O)NC1(C)c1ccc(Br)c(Cl)c1. The molecule has 4 aliphatic rings. The topological polar surface area (TPSA) is 58.6 Å². The molecule has 3 saturated carbocycles. The highest BCUT2D eigenvalue weighted by atomic mass is 79.9. The summed E-state index contributed by atoms with van der Waals surface area (Å²) in [5.41, 5.74) is 0.801. The van der Waals surface area contributed by atoms with Crippen LogP contribution in [0.3, 0.4) is 0 Å². The summed E-state index contributed by atoms with van der Waals surface area (Å²) in [6.45, 7) is 6.37. The van der Waals surface area contributed by atoms with Crippen LogP contribution in [0.25, 0.3) is 0 Å². The largest absolute Gasteiger partial charge is 0.469 e. The molecule has 2 bridgehead atoms. The van der Waals surface area contributed by atoms with E-state index in [4.69, 9.17) is 16.3 Å². The molecule has 3 fully saturated rings. The number of methoxy groups -OCH3 is 1. The van der Waals surface area contributed by atoms with E-state index in [1.807, 2.05) is 36.2 Å². The Balaban J connectivity index is 1.70. The first-order valence-electron chi connectivity index (χ1n) is 9.98. The Kier molecular flexibility index (Phi) is 4.82. The number of nitrogens with zero attached hydrogens (tertiary/aromatic N) is 1. The molecule has 2 amide bonds. The van der Waals surface area contributed by atoms with Gasteiger partial charge in [0.2, 0.25) is 0 Å². The monoisotopic (exact) mass is 480 g/mol. The molecule has 29 heavy (non-hydrogen) atoms. The molecule has 156 valence electrons. The third-order valence-corrected chi connectivity index (χ3v) is 8.43. The molecule has 0 spiro atoms. The maximum atomic E-state index is 13.2. The number of esters is 1. The predicted octanol–water partition coefficient (Wildman–Crippen LogP) is 5.37. The molecule has 1 unspecified atom stereocenters. The normalized spacial score (nSPS) is 33.8. The van der Waals surface area contributed by atoms with Gasteiger partial charge in [0.05, 0.1) is 28.6 Å². The van der Waals surface area contributed by atoms with Gasteiger partial charge < -0.3 is 10.1 Å². The summed E-state index contributed by atoms with van der Waals surface area (Å²) in [6, 6.07) is 5.69. The predicted molar refractivity (Wildman–Crippen MR) is 115 cm³/mol. The zero-order valence-corrected chi connectivity index (χ0v) is 19.5. The molecule has 1 N–H and O–H groups in total. The lowest BCUT2D eigenvalue weighted by molar-refractivity contribution is -0.218. The van der Waals surface area contributed by atoms with Crippen LogP contribution in [-0.2, 0) is 15.1 Å². The fourth-order valence-corrected chi connectivity index (χ4v) is 5.76. The van der Waals surface area contributed by atoms with Gasteiger partial charge in [-0.15, -0.1) is 0 Å². The third kappa shape index (κ3) is 2.86. The van der Waals surface area contributed by atoms with Crippen molar-refractivity contribution in [3.05, 3.63) is 45.0 Å². The van der Waals surface area contributed by atoms with E-state index in [2.05, 4.69) is 35.1 Å². The van der Waals surface area contributed by atoms with E-state index in [9.17, 15) is 9.59 Å². The molecule has 5 nitrogen and oxygen atoms in total. The second-order valence-corrected chi connectivity index (χ2v) is 10.2. The number of urea groups is 1. The number of hydrogen-bond acceptors (Lipinski definition) is 3. The smallest absolute Gasteiger partial charge is 0.322 e. The van der Waals surface area contributed by atoms with Gasteiger partial charge in [0.15, 0.2) is 0 Å². The zero-order chi connectivity index (χ0) is 21.2. The van der Waals surface area contributed by atoms with Crippen molar-refractivity contribution >= 4 is 39.5 Å². The maximum Gasteiger partial charge on any atom is 0.322 e. The fourth-order valence-electron chi connectivity index (χ4n) is 5.33. The van der Waals surface area contributed by atoms with Gasteiger partial charge in [-0.2, -0.15) is 0 Å². The minimum atomic E-state index is -0.642. The van der Waals surface area contributed by atoms with Crippen LogP contribution in [0, 0.1) is 11.3 Å². The van der Waals surface area contributed by atoms with Crippen molar-refractivity contribution in [2.75, 3.05) is 7.11 Å². The number of hydrogen-bond donors (Lipinski definition) is 1. The van der Waals surface area contributed by atoms with Crippen LogP contribution in [-0.4, -0.2) is 29.5 Å². The maximum absolute atomic E-state index is 13.2. The number of nitrogens with one attached hydrogen (secondary N) is 1. The summed E-state index contributed by atoms with van der Waals surface area (Å²) < 4.78 is 5.78. The Hall–Kier alpha value is -1.53. The first kappa shape index (κ1) is 20.7. The summed E-state index contributed by atoms with van der Waals surface area (Å²) in [5, 5.41) is 3.87. The first-order chi connectivity index (χ1) is 13.6. The lowest BCUT2D eigenvalue weighted by Crippen LogP contribution is -2.78. The van der Waals surface area contributed by atoms with Crippen molar-refractivity contribution in [1.29, 1.82) is 0 Å². The van der Waals surface area contributed by atoms with Crippen molar-refractivity contribution in [1.82, 2.24) is 10.2 Å². The second kappa shape index (κ2) is 6.74. The summed E-state index contributed by atoms with van der Waals surface area (Å²) in [5.74, 6) is 0.115. The highest BCUT2D eigenvalue weighted by Gasteiger charge is 2.75. The molecule has 1 aromatic rings. The van der Waals surface area contributed by atoms with Crippen LogP contribution in [0.4, 0.5) is 4.79 Å². The Morgan fingerprint density at radius 3 is 2.59 bits per heavy atom. The van der Waals surface area contributed by atoms with Crippen LogP contribution in [0.2, 0.25) is 5.02 Å². The zero-order valence-electron chi connectivity index (χ0n) is 17.1. The summed E-state index contributed by atoms with van der Waals surface area (Å²) in [7, 11) is 1.43. The second-order valence-electron chi connectivity index (χ2n) is 8.97. The van der Waals surface area contributed by atoms with Crippen molar-refractivity contribution in [3.8, 4) is 0 Å². The summed E-state index contributed by atoms with van der Waals surface area (Å²) >= 11 is 9.80. The third-order valence-electron chi connectivity index (χ3n) is 7.19. The molecular formula is C22H26BrClN2O3. The van der Waals surface area contributed by atoms with E-state index in [1.54, 1.807) is 0 Å². The van der Waals surface area contributed by atoms with E-state index < -0.39 is 5.54 Å². The average molecular weight is 482 g/mol. The van der Waals surface area contributed by atoms with E-state index in [0.717, 1.165) is 22.0 Å². The van der Waals surface area contributed by atoms with Crippen molar-refractivity contribution < 1.29 is 14.3 Å². The molecule has 0 radical (unpaired) electrons. The lowest BCUT2D eigenvalue weighted by atomic mass is 9.38. The molecule has 1 heterocycles. The number of halogens is 2. The van der Waals surface area contributed by atoms with Crippen molar-refractivity contribution in [3.63, 3.8) is 0 Å². The standard InChI is InChI=1S/C22H26BrClN2O3/c1-5-13(2)15-9-26(22-10-21(11-22,12-22)18(27)29-4)19(28)25-20(15,3)14-6-7-16(23)17(24)8-14/h6-9,13H,5,10-12H2,1-4H3,(H,25,28)/t13-,20?,21?,22?/m0/s1. The van der Waals surface area contributed by atoms with Gasteiger partial charge in [-0.3, -0.25) is 9.69 Å². The van der Waals surface area contributed by atoms with Gasteiger partial charge in [-0.25, -0.2) is 4.79 Å². The van der Waals surface area contributed by atoms with Crippen LogP contribution in [0.1, 0.15) is 52.0 Å². The number of benzene rings is 1. The molecule has 5 rings (SSSR count). The van der Waals surface area contributed by atoms with Crippen molar-refractivity contribution in [2.24, 2.45) is 11.3 Å². The van der Waals surface area contributed by atoms with Gasteiger partial charge in [-0.05, 0) is 77.7 Å². The average Bonchev–Trinajstić information content (AvgIpc) is 2.62. The van der Waals surface area contributed by atoms with Crippen LogP contribution in [0.15, 0.2) is 34.4 Å². The van der Waals surface area contributed by atoms with Gasteiger partial charge >= 0.3 is 12.0 Å². The van der Waals surface area contributed by atoms with Gasteiger partial charge in [-0.1, -0.05) is 31.5 Å². The summed E-state index contributed by atoms with van der Waals surface area (Å²) in [6.07, 6.45) is 5.00. The fraction of sp³-hybridized carbons (Fsp3) is 0.545. The first-order valence-corrected chi connectivity index (χ1v) is 11.2. The van der Waals surface area contributed by atoms with E-state index in [-0.39, 0.29) is 28.9 Å². The molecule has 3 aliphatic carbocycles. The quantitative estimate of drug-likeness (QED) is 0.575. The van der Waals surface area contributed by atoms with Gasteiger partial charge in [0, 0.05) is 10.7 Å². The van der Waals surface area contributed by atoms with Crippen molar-refractivity contribution in [2.45, 2.75) is 57.5 Å². The Morgan fingerprint density at radius 2 is 2.03 bits per heavy atom. The van der Waals surface area contributed by atoms with E-state index in [1.165, 1.54) is 7.11 Å². The summed E-state index contributed by atoms with van der Waals surface area (Å²) in [4.78, 5) is 27.1. The van der Waals surface area contributed by atoms with Gasteiger partial charge in [0.1, 0.15) is 0 Å². The molecule has 2 atom stereocenters. The Bertz CT molecular complexity index is 911. The Labute approximate surface area is 184 Å². The minimum Gasteiger partial charge on any atom is -0.469 e. The van der Waals surface area contributed by atoms with Crippen LogP contribution >= 0.6 is 27.5 Å². The van der Waals surface area contributed by atoms with Crippen LogP contribution < -0.4 is 5.32 Å². The molecule has 0 aromatic heterocycles. The van der Waals surface area contributed by atoms with E-state index in [0.29, 0.717) is 24.3 Å². The lowest BCUT2D eigenvalue weighted by Gasteiger charge is -2.71. The molecule has 0 saturated heterocycles. The highest BCUT2D eigenvalue weighted by Crippen LogP contribution is 2.70. The highest BCUT2D eigenvalue weighted by molar-refractivity contribution is 9.10. The van der Waals surface area contributed by atoms with E-state index >= 15 is 0 Å². The molecule has 1 aromatic carbocycles. The van der Waals surface area contributed by atoms with Crippen LogP contribution in [0.5, 0.6) is 0 Å². The van der Waals surface area contributed by atoms with Gasteiger partial charge in [0.25, 0.3) is 0 Å². The number of amides is 2. The minimum absolute atomic E-state index is 0.128.